The van der Waals surface area contributed by atoms with Crippen LogP contribution < -0.4 is 15.4 Å². The number of amides is 2. The van der Waals surface area contributed by atoms with Gasteiger partial charge in [-0.2, -0.15) is 8.78 Å². The monoisotopic (exact) mass is 398 g/mol. The van der Waals surface area contributed by atoms with E-state index < -0.39 is 18.4 Å². The number of carbonyl (C=O) groups excluding carboxylic acids is 2. The number of nitrogens with one attached hydrogen (secondary N) is 2. The van der Waals surface area contributed by atoms with Crippen LogP contribution >= 0.6 is 15.9 Å². The Bertz CT molecular complexity index is 724. The highest BCUT2D eigenvalue weighted by molar-refractivity contribution is 9.10. The molecule has 0 saturated heterocycles. The van der Waals surface area contributed by atoms with Gasteiger partial charge in [-0.05, 0) is 52.3 Å². The van der Waals surface area contributed by atoms with E-state index in [-0.39, 0.29) is 17.9 Å². The summed E-state index contributed by atoms with van der Waals surface area (Å²) in [5, 5.41) is 5.09. The van der Waals surface area contributed by atoms with Gasteiger partial charge in [-0.1, -0.05) is 12.1 Å². The van der Waals surface area contributed by atoms with Crippen molar-refractivity contribution in [1.29, 1.82) is 0 Å². The molecule has 2 aromatic carbocycles. The van der Waals surface area contributed by atoms with Crippen LogP contribution in [0.1, 0.15) is 10.4 Å². The average Bonchev–Trinajstić information content (AvgIpc) is 2.55. The van der Waals surface area contributed by atoms with Crippen molar-refractivity contribution in [1.82, 2.24) is 5.32 Å². The van der Waals surface area contributed by atoms with Crippen molar-refractivity contribution in [3.05, 3.63) is 58.6 Å². The quantitative estimate of drug-likeness (QED) is 0.783. The SMILES string of the molecule is O=C(CNC(=O)c1ccc(OC(F)F)cc1)Nc1ccccc1Br. The standard InChI is InChI=1S/C16H13BrF2N2O3/c17-12-3-1-2-4-13(12)21-14(22)9-20-15(23)10-5-7-11(8-6-10)24-16(18)19/h1-8,16H,9H2,(H,20,23)(H,21,22). The molecule has 0 aliphatic heterocycles. The highest BCUT2D eigenvalue weighted by Crippen LogP contribution is 2.20. The van der Waals surface area contributed by atoms with Crippen LogP contribution in [0.2, 0.25) is 0 Å². The first-order valence-electron chi connectivity index (χ1n) is 6.83. The largest absolute Gasteiger partial charge is 0.435 e. The van der Waals surface area contributed by atoms with Gasteiger partial charge in [0.2, 0.25) is 5.91 Å². The van der Waals surface area contributed by atoms with E-state index in [1.807, 2.05) is 6.07 Å². The van der Waals surface area contributed by atoms with E-state index >= 15 is 0 Å². The fourth-order valence-electron chi connectivity index (χ4n) is 1.81. The van der Waals surface area contributed by atoms with Crippen LogP contribution in [0, 0.1) is 0 Å². The van der Waals surface area contributed by atoms with Crippen molar-refractivity contribution >= 4 is 33.4 Å². The molecule has 0 aliphatic carbocycles. The van der Waals surface area contributed by atoms with Crippen LogP contribution in [0.4, 0.5) is 14.5 Å². The Labute approximate surface area is 145 Å². The van der Waals surface area contributed by atoms with Crippen molar-refractivity contribution in [3.63, 3.8) is 0 Å². The molecule has 0 aromatic heterocycles. The zero-order valence-electron chi connectivity index (χ0n) is 12.3. The second-order valence-electron chi connectivity index (χ2n) is 4.61. The Balaban J connectivity index is 1.86. The average molecular weight is 399 g/mol. The first-order valence-corrected chi connectivity index (χ1v) is 7.62. The summed E-state index contributed by atoms with van der Waals surface area (Å²) in [6.07, 6.45) is 0. The molecule has 5 nitrogen and oxygen atoms in total. The molecule has 0 aliphatic rings. The highest BCUT2D eigenvalue weighted by atomic mass is 79.9. The zero-order chi connectivity index (χ0) is 17.5. The number of ether oxygens (including phenoxy) is 1. The number of halogens is 3. The number of rotatable bonds is 6. The van der Waals surface area contributed by atoms with E-state index in [1.165, 1.54) is 24.3 Å². The van der Waals surface area contributed by atoms with Crippen LogP contribution in [0.15, 0.2) is 53.0 Å². The summed E-state index contributed by atoms with van der Waals surface area (Å²) >= 11 is 3.30. The van der Waals surface area contributed by atoms with Crippen LogP contribution in [-0.4, -0.2) is 25.0 Å². The van der Waals surface area contributed by atoms with Crippen molar-refractivity contribution in [2.75, 3.05) is 11.9 Å². The predicted molar refractivity (Wildman–Crippen MR) is 88.2 cm³/mol. The lowest BCUT2D eigenvalue weighted by atomic mass is 10.2. The number of alkyl halides is 2. The minimum absolute atomic E-state index is 0.0479. The fourth-order valence-corrected chi connectivity index (χ4v) is 2.19. The maximum absolute atomic E-state index is 12.0. The fraction of sp³-hybridized carbons (Fsp3) is 0.125. The number of hydrogen-bond donors (Lipinski definition) is 2. The number of para-hydroxylation sites is 1. The second kappa shape index (κ2) is 8.39. The highest BCUT2D eigenvalue weighted by Gasteiger charge is 2.10. The Morgan fingerprint density at radius 1 is 1.08 bits per heavy atom. The van der Waals surface area contributed by atoms with Gasteiger partial charge in [0.05, 0.1) is 12.2 Å². The number of hydrogen-bond acceptors (Lipinski definition) is 3. The number of anilines is 1. The topological polar surface area (TPSA) is 67.4 Å². The molecule has 8 heteroatoms. The van der Waals surface area contributed by atoms with E-state index in [0.29, 0.717) is 5.69 Å². The molecule has 0 radical (unpaired) electrons. The molecule has 0 fully saturated rings. The lowest BCUT2D eigenvalue weighted by Gasteiger charge is -2.09. The molecule has 2 amide bonds. The van der Waals surface area contributed by atoms with Crippen LogP contribution in [0.25, 0.3) is 0 Å². The molecule has 126 valence electrons. The Kier molecular flexibility index (Phi) is 6.25. The first-order chi connectivity index (χ1) is 11.5. The predicted octanol–water partition coefficient (Wildman–Crippen LogP) is 3.42. The summed E-state index contributed by atoms with van der Waals surface area (Å²) in [6, 6.07) is 12.2. The normalized spacial score (nSPS) is 10.3. The van der Waals surface area contributed by atoms with Crippen LogP contribution in [0.3, 0.4) is 0 Å². The Morgan fingerprint density at radius 3 is 2.38 bits per heavy atom. The molecule has 0 unspecified atom stereocenters. The van der Waals surface area contributed by atoms with Gasteiger partial charge in [0, 0.05) is 10.0 Å². The van der Waals surface area contributed by atoms with Crippen molar-refractivity contribution in [3.8, 4) is 5.75 Å². The molecular formula is C16H13BrF2N2O3. The van der Waals surface area contributed by atoms with Crippen LogP contribution in [-0.2, 0) is 4.79 Å². The van der Waals surface area contributed by atoms with Gasteiger partial charge in [-0.3, -0.25) is 9.59 Å². The maximum atomic E-state index is 12.0. The minimum atomic E-state index is -2.93. The summed E-state index contributed by atoms with van der Waals surface area (Å²) in [6.45, 7) is -3.15. The van der Waals surface area contributed by atoms with Gasteiger partial charge in [0.15, 0.2) is 0 Å². The number of carbonyl (C=O) groups is 2. The summed E-state index contributed by atoms with van der Waals surface area (Å²) < 4.78 is 29.0. The first kappa shape index (κ1) is 17.9. The summed E-state index contributed by atoms with van der Waals surface area (Å²) in [4.78, 5) is 23.7. The lowest BCUT2D eigenvalue weighted by Crippen LogP contribution is -2.32. The molecule has 2 rings (SSSR count). The summed E-state index contributed by atoms with van der Waals surface area (Å²) in [7, 11) is 0. The molecule has 0 bridgehead atoms. The van der Waals surface area contributed by atoms with E-state index in [4.69, 9.17) is 0 Å². The van der Waals surface area contributed by atoms with Gasteiger partial charge in [0.25, 0.3) is 5.91 Å². The van der Waals surface area contributed by atoms with Gasteiger partial charge in [0.1, 0.15) is 5.75 Å². The lowest BCUT2D eigenvalue weighted by molar-refractivity contribution is -0.115. The minimum Gasteiger partial charge on any atom is -0.435 e. The molecule has 2 aromatic rings. The Hall–Kier alpha value is -2.48. The zero-order valence-corrected chi connectivity index (χ0v) is 13.8. The van der Waals surface area contributed by atoms with Gasteiger partial charge >= 0.3 is 6.61 Å². The van der Waals surface area contributed by atoms with Gasteiger partial charge < -0.3 is 15.4 Å². The molecule has 24 heavy (non-hydrogen) atoms. The molecule has 0 heterocycles. The second-order valence-corrected chi connectivity index (χ2v) is 5.47. The van der Waals surface area contributed by atoms with Crippen LogP contribution in [0.5, 0.6) is 5.75 Å². The van der Waals surface area contributed by atoms with Crippen molar-refractivity contribution < 1.29 is 23.1 Å². The van der Waals surface area contributed by atoms with E-state index in [0.717, 1.165) is 4.47 Å². The molecule has 0 atom stereocenters. The molecule has 0 saturated carbocycles. The van der Waals surface area contributed by atoms with Crippen molar-refractivity contribution in [2.24, 2.45) is 0 Å². The van der Waals surface area contributed by atoms with E-state index in [2.05, 4.69) is 31.3 Å². The Morgan fingerprint density at radius 2 is 1.75 bits per heavy atom. The van der Waals surface area contributed by atoms with Crippen molar-refractivity contribution in [2.45, 2.75) is 6.61 Å². The summed E-state index contributed by atoms with van der Waals surface area (Å²) in [5.41, 5.74) is 0.815. The maximum Gasteiger partial charge on any atom is 0.387 e. The third-order valence-electron chi connectivity index (χ3n) is 2.90. The summed E-state index contributed by atoms with van der Waals surface area (Å²) in [5.74, 6) is -0.943. The van der Waals surface area contributed by atoms with E-state index in [9.17, 15) is 18.4 Å². The molecule has 2 N–H and O–H groups in total. The third kappa shape index (κ3) is 5.31. The third-order valence-corrected chi connectivity index (χ3v) is 3.59. The molecule has 0 spiro atoms. The van der Waals surface area contributed by atoms with Gasteiger partial charge in [-0.25, -0.2) is 0 Å². The van der Waals surface area contributed by atoms with E-state index in [1.54, 1.807) is 18.2 Å². The smallest absolute Gasteiger partial charge is 0.387 e. The van der Waals surface area contributed by atoms with Gasteiger partial charge in [-0.15, -0.1) is 0 Å². The molecular weight excluding hydrogens is 386 g/mol. The number of benzene rings is 2.